The van der Waals surface area contributed by atoms with Crippen LogP contribution in [0.5, 0.6) is 0 Å². The van der Waals surface area contributed by atoms with Crippen LogP contribution in [-0.2, 0) is 16.4 Å². The third-order valence-electron chi connectivity index (χ3n) is 1.96. The van der Waals surface area contributed by atoms with Gasteiger partial charge in [0.2, 0.25) is 10.0 Å². The number of rotatable bonds is 7. The van der Waals surface area contributed by atoms with E-state index in [0.717, 1.165) is 24.8 Å². The maximum absolute atomic E-state index is 10.8. The first kappa shape index (κ1) is 15.2. The molecule has 0 amide bonds. The van der Waals surface area contributed by atoms with Crippen molar-refractivity contribution in [2.75, 3.05) is 25.9 Å². The topological polar surface area (TPSA) is 58.2 Å². The van der Waals surface area contributed by atoms with Crippen LogP contribution in [0.3, 0.4) is 0 Å². The van der Waals surface area contributed by atoms with Crippen LogP contribution in [0, 0.1) is 0 Å². The Morgan fingerprint density at radius 1 is 1.29 bits per heavy atom. The standard InChI is InChI=1S/C9H14Cl2N2O2S2/c1-17(14,15)13-5-4-12-3-2-7-6-8(10)16-9(7)11/h6,12-13H,2-5H2,1H3. The van der Waals surface area contributed by atoms with Gasteiger partial charge >= 0.3 is 0 Å². The van der Waals surface area contributed by atoms with Gasteiger partial charge in [0.05, 0.1) is 14.9 Å². The van der Waals surface area contributed by atoms with Gasteiger partial charge in [0.25, 0.3) is 0 Å². The zero-order chi connectivity index (χ0) is 12.9. The summed E-state index contributed by atoms with van der Waals surface area (Å²) in [7, 11) is -3.09. The molecule has 2 N–H and O–H groups in total. The summed E-state index contributed by atoms with van der Waals surface area (Å²) in [6, 6.07) is 1.85. The Morgan fingerprint density at radius 3 is 2.53 bits per heavy atom. The second-order valence-corrected chi connectivity index (χ2v) is 7.63. The molecule has 0 saturated carbocycles. The van der Waals surface area contributed by atoms with Crippen molar-refractivity contribution in [3.8, 4) is 0 Å². The van der Waals surface area contributed by atoms with Crippen molar-refractivity contribution in [2.24, 2.45) is 0 Å². The Labute approximate surface area is 115 Å². The lowest BCUT2D eigenvalue weighted by Gasteiger charge is -2.04. The number of hydrogen-bond donors (Lipinski definition) is 2. The zero-order valence-corrected chi connectivity index (χ0v) is 12.4. The molecule has 1 rings (SSSR count). The average molecular weight is 317 g/mol. The monoisotopic (exact) mass is 316 g/mol. The van der Waals surface area contributed by atoms with E-state index in [1.165, 1.54) is 11.3 Å². The Hall–Kier alpha value is 0.150. The van der Waals surface area contributed by atoms with Crippen molar-refractivity contribution in [1.29, 1.82) is 0 Å². The molecule has 1 aromatic rings. The summed E-state index contributed by atoms with van der Waals surface area (Å²) in [5, 5.41) is 3.12. The molecule has 0 aliphatic heterocycles. The summed E-state index contributed by atoms with van der Waals surface area (Å²) < 4.78 is 25.3. The van der Waals surface area contributed by atoms with Gasteiger partial charge in [0.15, 0.2) is 0 Å². The van der Waals surface area contributed by atoms with Crippen molar-refractivity contribution < 1.29 is 8.42 Å². The highest BCUT2D eigenvalue weighted by Crippen LogP contribution is 2.31. The molecular formula is C9H14Cl2N2O2S2. The molecule has 0 atom stereocenters. The number of nitrogens with one attached hydrogen (secondary N) is 2. The fourth-order valence-electron chi connectivity index (χ4n) is 1.22. The van der Waals surface area contributed by atoms with Crippen LogP contribution >= 0.6 is 34.5 Å². The summed E-state index contributed by atoms with van der Waals surface area (Å²) >= 11 is 13.1. The summed E-state index contributed by atoms with van der Waals surface area (Å²) in [6.45, 7) is 1.71. The van der Waals surface area contributed by atoms with Crippen molar-refractivity contribution in [2.45, 2.75) is 6.42 Å². The van der Waals surface area contributed by atoms with Gasteiger partial charge in [-0.2, -0.15) is 0 Å². The molecule has 1 heterocycles. The normalized spacial score (nSPS) is 11.9. The molecule has 0 radical (unpaired) electrons. The molecule has 8 heteroatoms. The van der Waals surface area contributed by atoms with Gasteiger partial charge in [-0.25, -0.2) is 13.1 Å². The molecule has 0 aromatic carbocycles. The van der Waals surface area contributed by atoms with Crippen LogP contribution in [0.1, 0.15) is 5.56 Å². The first-order valence-corrected chi connectivity index (χ1v) is 8.44. The first-order valence-electron chi connectivity index (χ1n) is 4.97. The van der Waals surface area contributed by atoms with E-state index in [0.29, 0.717) is 21.8 Å². The van der Waals surface area contributed by atoms with Crippen LogP contribution < -0.4 is 10.0 Å². The molecule has 0 unspecified atom stereocenters. The van der Waals surface area contributed by atoms with Gasteiger partial charge in [-0.15, -0.1) is 11.3 Å². The van der Waals surface area contributed by atoms with E-state index in [1.54, 1.807) is 0 Å². The summed E-state index contributed by atoms with van der Waals surface area (Å²) in [6.07, 6.45) is 1.92. The highest BCUT2D eigenvalue weighted by Gasteiger charge is 2.05. The summed E-state index contributed by atoms with van der Waals surface area (Å²) in [5.74, 6) is 0. The molecule has 0 aliphatic rings. The number of hydrogen-bond acceptors (Lipinski definition) is 4. The number of thiophene rings is 1. The maximum atomic E-state index is 10.8. The minimum absolute atomic E-state index is 0.386. The van der Waals surface area contributed by atoms with Crippen LogP contribution in [0.2, 0.25) is 8.67 Å². The molecule has 0 spiro atoms. The average Bonchev–Trinajstić information content (AvgIpc) is 2.49. The van der Waals surface area contributed by atoms with E-state index in [9.17, 15) is 8.42 Å². The van der Waals surface area contributed by atoms with Crippen molar-refractivity contribution in [1.82, 2.24) is 10.0 Å². The van der Waals surface area contributed by atoms with E-state index >= 15 is 0 Å². The molecule has 0 fully saturated rings. The van der Waals surface area contributed by atoms with Crippen LogP contribution in [-0.4, -0.2) is 34.3 Å². The Bertz CT molecular complexity index is 460. The number of halogens is 2. The van der Waals surface area contributed by atoms with Gasteiger partial charge < -0.3 is 5.32 Å². The molecule has 98 valence electrons. The quantitative estimate of drug-likeness (QED) is 0.753. The lowest BCUT2D eigenvalue weighted by atomic mass is 10.2. The lowest BCUT2D eigenvalue weighted by molar-refractivity contribution is 0.582. The minimum Gasteiger partial charge on any atom is -0.315 e. The SMILES string of the molecule is CS(=O)(=O)NCCNCCc1cc(Cl)sc1Cl. The number of sulfonamides is 1. The van der Waals surface area contributed by atoms with Gasteiger partial charge in [0.1, 0.15) is 0 Å². The molecule has 0 bridgehead atoms. The third kappa shape index (κ3) is 6.59. The Balaban J connectivity index is 2.15. The van der Waals surface area contributed by atoms with Gasteiger partial charge in [-0.1, -0.05) is 23.2 Å². The smallest absolute Gasteiger partial charge is 0.208 e. The highest BCUT2D eigenvalue weighted by molar-refractivity contribution is 7.88. The van der Waals surface area contributed by atoms with Gasteiger partial charge in [-0.05, 0) is 24.6 Å². The van der Waals surface area contributed by atoms with E-state index in [4.69, 9.17) is 23.2 Å². The largest absolute Gasteiger partial charge is 0.315 e. The Kier molecular flexibility index (Phi) is 6.19. The molecule has 0 aliphatic carbocycles. The Morgan fingerprint density at radius 2 is 2.00 bits per heavy atom. The molecule has 1 aromatic heterocycles. The van der Waals surface area contributed by atoms with E-state index < -0.39 is 10.0 Å². The summed E-state index contributed by atoms with van der Waals surface area (Å²) in [5.41, 5.74) is 1.02. The van der Waals surface area contributed by atoms with Gasteiger partial charge in [0, 0.05) is 13.1 Å². The van der Waals surface area contributed by atoms with Crippen LogP contribution in [0.25, 0.3) is 0 Å². The van der Waals surface area contributed by atoms with Crippen molar-refractivity contribution >= 4 is 44.6 Å². The zero-order valence-electron chi connectivity index (χ0n) is 9.29. The fraction of sp³-hybridized carbons (Fsp3) is 0.556. The fourth-order valence-corrected chi connectivity index (χ4v) is 3.24. The van der Waals surface area contributed by atoms with E-state index in [-0.39, 0.29) is 0 Å². The second kappa shape index (κ2) is 6.92. The van der Waals surface area contributed by atoms with E-state index in [1.807, 2.05) is 6.07 Å². The van der Waals surface area contributed by atoms with E-state index in [2.05, 4.69) is 10.0 Å². The second-order valence-electron chi connectivity index (χ2n) is 3.52. The third-order valence-corrected chi connectivity index (χ3v) is 4.26. The van der Waals surface area contributed by atoms with Crippen LogP contribution in [0.4, 0.5) is 0 Å². The highest BCUT2D eigenvalue weighted by atomic mass is 35.5. The lowest BCUT2D eigenvalue weighted by Crippen LogP contribution is -2.31. The van der Waals surface area contributed by atoms with Crippen LogP contribution in [0.15, 0.2) is 6.07 Å². The van der Waals surface area contributed by atoms with Crippen molar-refractivity contribution in [3.63, 3.8) is 0 Å². The molecule has 0 saturated heterocycles. The predicted molar refractivity (Wildman–Crippen MR) is 73.8 cm³/mol. The first-order chi connectivity index (χ1) is 7.88. The molecule has 17 heavy (non-hydrogen) atoms. The molecule has 4 nitrogen and oxygen atoms in total. The van der Waals surface area contributed by atoms with Crippen molar-refractivity contribution in [3.05, 3.63) is 20.3 Å². The van der Waals surface area contributed by atoms with Gasteiger partial charge in [-0.3, -0.25) is 0 Å². The minimum atomic E-state index is -3.09. The predicted octanol–water partition coefficient (Wildman–Crippen LogP) is 1.74. The summed E-state index contributed by atoms with van der Waals surface area (Å²) in [4.78, 5) is 0. The maximum Gasteiger partial charge on any atom is 0.208 e. The molecular weight excluding hydrogens is 303 g/mol.